The van der Waals surface area contributed by atoms with Crippen molar-refractivity contribution >= 4 is 57.7 Å². The molecule has 2 aromatic rings. The number of carboxylic acid groups (broad SMARTS) is 1. The number of hydrogen-bond donors (Lipinski definition) is 1. The third kappa shape index (κ3) is 4.71. The maximum Gasteiger partial charge on any atom is 0.238 e. The predicted molar refractivity (Wildman–Crippen MR) is 107 cm³/mol. The summed E-state index contributed by atoms with van der Waals surface area (Å²) in [5, 5.41) is 13.7. The van der Waals surface area contributed by atoms with E-state index in [0.717, 1.165) is 0 Å². The smallest absolute Gasteiger partial charge is 0.238 e. The normalized spacial score (nSPS) is 18.2. The van der Waals surface area contributed by atoms with Crippen LogP contribution in [0, 0.1) is 0 Å². The molecule has 1 heterocycles. The van der Waals surface area contributed by atoms with Gasteiger partial charge in [0.15, 0.2) is 5.17 Å². The van der Waals surface area contributed by atoms with E-state index >= 15 is 0 Å². The molecule has 2 aromatic carbocycles. The van der Waals surface area contributed by atoms with Crippen LogP contribution in [0.1, 0.15) is 16.8 Å². The van der Waals surface area contributed by atoms with E-state index in [1.54, 1.807) is 31.3 Å². The molecule has 1 saturated heterocycles. The highest BCUT2D eigenvalue weighted by atomic mass is 35.5. The number of benzene rings is 2. The lowest BCUT2D eigenvalue weighted by atomic mass is 10.2. The van der Waals surface area contributed by atoms with Gasteiger partial charge in [0.1, 0.15) is 5.25 Å². The molecule has 1 fully saturated rings. The molecule has 2 amide bonds. The fourth-order valence-electron chi connectivity index (χ4n) is 2.47. The van der Waals surface area contributed by atoms with E-state index in [9.17, 15) is 19.5 Å². The van der Waals surface area contributed by atoms with E-state index in [1.165, 1.54) is 40.9 Å². The van der Waals surface area contributed by atoms with Gasteiger partial charge in [0.25, 0.3) is 0 Å². The van der Waals surface area contributed by atoms with Crippen LogP contribution in [0.5, 0.6) is 0 Å². The van der Waals surface area contributed by atoms with Crippen LogP contribution >= 0.6 is 23.4 Å². The van der Waals surface area contributed by atoms with Gasteiger partial charge in [-0.3, -0.25) is 14.5 Å². The second kappa shape index (κ2) is 8.45. The molecule has 0 radical (unpaired) electrons. The van der Waals surface area contributed by atoms with Crippen LogP contribution in [0.4, 0.5) is 11.4 Å². The van der Waals surface area contributed by atoms with Crippen LogP contribution in [0.25, 0.3) is 0 Å². The zero-order chi connectivity index (χ0) is 20.3. The van der Waals surface area contributed by atoms with Gasteiger partial charge < -0.3 is 15.2 Å². The van der Waals surface area contributed by atoms with Crippen molar-refractivity contribution in [2.24, 2.45) is 4.99 Å². The number of hydrogen-bond acceptors (Lipinski definition) is 6. The number of amidine groups is 1. The molecule has 144 valence electrons. The number of thioether (sulfide) groups is 1. The largest absolute Gasteiger partial charge is 0.545 e. The number of carbonyl (C=O) groups is 3. The first kappa shape index (κ1) is 19.9. The molecule has 1 aliphatic rings. The lowest BCUT2D eigenvalue weighted by Gasteiger charge is -2.28. The third-order valence-electron chi connectivity index (χ3n) is 3.98. The Labute approximate surface area is 170 Å². The Morgan fingerprint density at radius 3 is 2.61 bits per heavy atom. The molecule has 1 N–H and O–H groups in total. The topological polar surface area (TPSA) is 102 Å². The lowest BCUT2D eigenvalue weighted by Crippen LogP contribution is -2.43. The molecule has 28 heavy (non-hydrogen) atoms. The van der Waals surface area contributed by atoms with Crippen molar-refractivity contribution in [3.63, 3.8) is 0 Å². The molecule has 0 unspecified atom stereocenters. The van der Waals surface area contributed by atoms with Crippen molar-refractivity contribution in [1.29, 1.82) is 0 Å². The Hall–Kier alpha value is -2.84. The van der Waals surface area contributed by atoms with Gasteiger partial charge >= 0.3 is 0 Å². The zero-order valence-corrected chi connectivity index (χ0v) is 16.3. The number of carboxylic acids is 1. The molecule has 9 heteroatoms. The second-order valence-corrected chi connectivity index (χ2v) is 7.60. The van der Waals surface area contributed by atoms with Crippen molar-refractivity contribution in [1.82, 2.24) is 4.90 Å². The first-order chi connectivity index (χ1) is 13.3. The summed E-state index contributed by atoms with van der Waals surface area (Å²) in [5.74, 6) is -1.89. The Balaban J connectivity index is 1.75. The molecule has 1 atom stereocenters. The van der Waals surface area contributed by atoms with Gasteiger partial charge in [-0.15, -0.1) is 0 Å². The fraction of sp³-hybridized carbons (Fsp3) is 0.158. The van der Waals surface area contributed by atoms with Crippen molar-refractivity contribution < 1.29 is 19.5 Å². The summed E-state index contributed by atoms with van der Waals surface area (Å²) in [6.45, 7) is 0. The molecule has 0 saturated carbocycles. The zero-order valence-electron chi connectivity index (χ0n) is 14.7. The van der Waals surface area contributed by atoms with E-state index in [0.29, 0.717) is 21.6 Å². The minimum atomic E-state index is -1.30. The summed E-state index contributed by atoms with van der Waals surface area (Å²) in [6.07, 6.45) is 0.0265. The quantitative estimate of drug-likeness (QED) is 0.823. The van der Waals surface area contributed by atoms with Crippen LogP contribution in [0.3, 0.4) is 0 Å². The van der Waals surface area contributed by atoms with E-state index in [1.807, 2.05) is 0 Å². The first-order valence-corrected chi connectivity index (χ1v) is 9.49. The second-order valence-electron chi connectivity index (χ2n) is 5.99. The molecule has 7 nitrogen and oxygen atoms in total. The van der Waals surface area contributed by atoms with Gasteiger partial charge in [-0.2, -0.15) is 0 Å². The summed E-state index contributed by atoms with van der Waals surface area (Å²) in [6, 6.07) is 12.5. The maximum absolute atomic E-state index is 12.6. The number of halogens is 1. The molecule has 3 rings (SSSR count). The number of aromatic carboxylic acids is 1. The summed E-state index contributed by atoms with van der Waals surface area (Å²) in [4.78, 5) is 41.5. The summed E-state index contributed by atoms with van der Waals surface area (Å²) >= 11 is 7.14. The molecule has 0 bridgehead atoms. The highest BCUT2D eigenvalue weighted by molar-refractivity contribution is 8.15. The maximum atomic E-state index is 12.6. The SMILES string of the molecule is CN1C(=O)C[C@@H](C(=O)Nc2ccc(C(=O)[O-])cc2)SC1=Nc1cccc(Cl)c1. The summed E-state index contributed by atoms with van der Waals surface area (Å²) in [7, 11) is 1.60. The minimum Gasteiger partial charge on any atom is -0.545 e. The fourth-order valence-corrected chi connectivity index (χ4v) is 3.72. The number of aliphatic imine (C=N–C) groups is 1. The summed E-state index contributed by atoms with van der Waals surface area (Å²) < 4.78 is 0. The summed E-state index contributed by atoms with van der Waals surface area (Å²) in [5.41, 5.74) is 1.02. The van der Waals surface area contributed by atoms with Gasteiger partial charge in [0.05, 0.1) is 11.7 Å². The average Bonchev–Trinajstić information content (AvgIpc) is 2.65. The standard InChI is InChI=1S/C19H16ClN3O4S/c1-23-16(24)10-15(28-19(23)22-14-4-2-3-12(20)9-14)17(25)21-13-7-5-11(6-8-13)18(26)27/h2-9,15H,10H2,1H3,(H,21,25)(H,26,27)/p-1/t15-/m0/s1. The van der Waals surface area contributed by atoms with Gasteiger partial charge in [-0.25, -0.2) is 4.99 Å². The average molecular weight is 417 g/mol. The van der Waals surface area contributed by atoms with Gasteiger partial charge in [-0.1, -0.05) is 41.6 Å². The molecule has 1 aliphatic heterocycles. The lowest BCUT2D eigenvalue weighted by molar-refractivity contribution is -0.255. The molecular formula is C19H15ClN3O4S-. The van der Waals surface area contributed by atoms with Gasteiger partial charge in [-0.05, 0) is 35.9 Å². The van der Waals surface area contributed by atoms with E-state index in [2.05, 4.69) is 10.3 Å². The number of nitrogens with one attached hydrogen (secondary N) is 1. The van der Waals surface area contributed by atoms with Crippen LogP contribution in [0.2, 0.25) is 5.02 Å². The number of nitrogens with zero attached hydrogens (tertiary/aromatic N) is 2. The molecular weight excluding hydrogens is 402 g/mol. The van der Waals surface area contributed by atoms with Crippen LogP contribution < -0.4 is 10.4 Å². The first-order valence-electron chi connectivity index (χ1n) is 8.23. The third-order valence-corrected chi connectivity index (χ3v) is 5.46. The van der Waals surface area contributed by atoms with Crippen LogP contribution in [0.15, 0.2) is 53.5 Å². The Kier molecular flexibility index (Phi) is 6.01. The Morgan fingerprint density at radius 1 is 1.25 bits per heavy atom. The van der Waals surface area contributed by atoms with Crippen molar-refractivity contribution in [3.05, 3.63) is 59.1 Å². The highest BCUT2D eigenvalue weighted by Gasteiger charge is 2.34. The monoisotopic (exact) mass is 416 g/mol. The van der Waals surface area contributed by atoms with Crippen LogP contribution in [-0.4, -0.2) is 40.1 Å². The number of anilines is 1. The van der Waals surface area contributed by atoms with Crippen molar-refractivity contribution in [3.8, 4) is 0 Å². The molecule has 0 aromatic heterocycles. The number of carbonyl (C=O) groups excluding carboxylic acids is 3. The number of amides is 2. The Morgan fingerprint density at radius 2 is 1.96 bits per heavy atom. The minimum absolute atomic E-state index is 0.0118. The highest BCUT2D eigenvalue weighted by Crippen LogP contribution is 2.29. The van der Waals surface area contributed by atoms with Gasteiger partial charge in [0.2, 0.25) is 11.8 Å². The number of rotatable bonds is 4. The Bertz CT molecular complexity index is 962. The van der Waals surface area contributed by atoms with E-state index in [4.69, 9.17) is 11.6 Å². The van der Waals surface area contributed by atoms with Crippen molar-refractivity contribution in [2.45, 2.75) is 11.7 Å². The van der Waals surface area contributed by atoms with Gasteiger partial charge in [0, 0.05) is 24.2 Å². The van der Waals surface area contributed by atoms with E-state index < -0.39 is 11.2 Å². The van der Waals surface area contributed by atoms with Crippen LogP contribution in [-0.2, 0) is 9.59 Å². The molecule has 0 spiro atoms. The van der Waals surface area contributed by atoms with Crippen molar-refractivity contribution in [2.75, 3.05) is 12.4 Å². The molecule has 0 aliphatic carbocycles. The predicted octanol–water partition coefficient (Wildman–Crippen LogP) is 2.29. The van der Waals surface area contributed by atoms with E-state index in [-0.39, 0.29) is 23.8 Å².